The number of benzene rings is 2. The van der Waals surface area contributed by atoms with Crippen molar-refractivity contribution in [1.29, 1.82) is 0 Å². The molecular formula is C27H25N7O5S. The minimum atomic E-state index is -1.20. The van der Waals surface area contributed by atoms with Crippen LogP contribution in [0.1, 0.15) is 28.7 Å². The minimum Gasteiger partial charge on any atom is -0.481 e. The second-order valence-corrected chi connectivity index (χ2v) is 9.81. The zero-order valence-corrected chi connectivity index (χ0v) is 22.1. The third-order valence-electron chi connectivity index (χ3n) is 5.93. The Balaban J connectivity index is 1.26. The molecule has 1 atom stereocenters. The van der Waals surface area contributed by atoms with Crippen molar-refractivity contribution in [3.8, 4) is 11.5 Å². The third kappa shape index (κ3) is 6.32. The summed E-state index contributed by atoms with van der Waals surface area (Å²) in [4.78, 5) is 53.2. The van der Waals surface area contributed by atoms with E-state index in [4.69, 9.17) is 4.74 Å². The molecule has 0 saturated heterocycles. The highest BCUT2D eigenvalue weighted by Gasteiger charge is 2.21. The van der Waals surface area contributed by atoms with Gasteiger partial charge in [0.2, 0.25) is 0 Å². The zero-order valence-electron chi connectivity index (χ0n) is 21.3. The van der Waals surface area contributed by atoms with E-state index in [2.05, 4.69) is 30.6 Å². The minimum absolute atomic E-state index is 0.00366. The fraction of sp³-hybridized carbons (Fsp3) is 0.185. The molecule has 4 N–H and O–H groups in total. The molecule has 0 bridgehead atoms. The van der Waals surface area contributed by atoms with Crippen molar-refractivity contribution in [2.24, 2.45) is 0 Å². The smallest absolute Gasteiger partial charge is 0.409 e. The van der Waals surface area contributed by atoms with Crippen LogP contribution < -0.4 is 16.3 Å². The third-order valence-corrected chi connectivity index (χ3v) is 6.78. The van der Waals surface area contributed by atoms with E-state index >= 15 is 0 Å². The number of fused-ring (bicyclic) bond motifs is 1. The molecule has 0 fully saturated rings. The number of nitrogens with zero attached hydrogens (tertiary/aromatic N) is 4. The largest absolute Gasteiger partial charge is 0.481 e. The summed E-state index contributed by atoms with van der Waals surface area (Å²) in [6.07, 6.45) is -1.15. The number of hydrogen-bond acceptors (Lipinski definition) is 9. The van der Waals surface area contributed by atoms with Crippen molar-refractivity contribution in [3.63, 3.8) is 0 Å². The van der Waals surface area contributed by atoms with Crippen molar-refractivity contribution < 1.29 is 19.4 Å². The van der Waals surface area contributed by atoms with Gasteiger partial charge < -0.3 is 25.5 Å². The monoisotopic (exact) mass is 559 g/mol. The molecule has 1 amide bonds. The van der Waals surface area contributed by atoms with Gasteiger partial charge in [-0.05, 0) is 24.6 Å². The number of carbonyl (C=O) groups excluding carboxylic acids is 1. The molecular weight excluding hydrogens is 534 g/mol. The van der Waals surface area contributed by atoms with Gasteiger partial charge in [-0.2, -0.15) is 4.98 Å². The molecule has 5 aromatic rings. The maximum absolute atomic E-state index is 12.9. The second kappa shape index (κ2) is 11.8. The van der Waals surface area contributed by atoms with Crippen LogP contribution in [0.5, 0.6) is 0 Å². The molecule has 204 valence electrons. The van der Waals surface area contributed by atoms with Gasteiger partial charge in [-0.3, -0.25) is 9.36 Å². The van der Waals surface area contributed by atoms with Crippen LogP contribution in [0.25, 0.3) is 22.6 Å². The van der Waals surface area contributed by atoms with Crippen LogP contribution in [0.3, 0.4) is 0 Å². The number of ether oxygens (including phenoxy) is 1. The maximum Gasteiger partial charge on any atom is 0.409 e. The number of alkyl carbamates (subject to hydrolysis) is 1. The number of anilines is 1. The average Bonchev–Trinajstić information content (AvgIpc) is 3.59. The van der Waals surface area contributed by atoms with Crippen LogP contribution in [0, 0.1) is 6.92 Å². The van der Waals surface area contributed by atoms with Crippen molar-refractivity contribution >= 4 is 40.3 Å². The number of carbonyl (C=O) groups is 2. The summed E-state index contributed by atoms with van der Waals surface area (Å²) in [6, 6.07) is 16.7. The second-order valence-electron chi connectivity index (χ2n) is 8.86. The van der Waals surface area contributed by atoms with Gasteiger partial charge in [0, 0.05) is 17.1 Å². The molecule has 0 spiro atoms. The van der Waals surface area contributed by atoms with Gasteiger partial charge in [0.25, 0.3) is 0 Å². The molecule has 0 aliphatic carbocycles. The normalized spacial score (nSPS) is 11.7. The van der Waals surface area contributed by atoms with Gasteiger partial charge in [0.05, 0.1) is 24.0 Å². The number of aromatic amines is 1. The van der Waals surface area contributed by atoms with Crippen molar-refractivity contribution in [2.75, 3.05) is 5.32 Å². The molecule has 0 radical (unpaired) electrons. The summed E-state index contributed by atoms with van der Waals surface area (Å²) < 4.78 is 6.26. The summed E-state index contributed by atoms with van der Waals surface area (Å²) in [6.45, 7) is 2.03. The number of carboxylic acids is 1. The molecule has 12 nitrogen and oxygen atoms in total. The van der Waals surface area contributed by atoms with Crippen LogP contribution in [-0.2, 0) is 22.7 Å². The number of aromatic nitrogens is 5. The molecule has 2 aromatic carbocycles. The SMILES string of the molecule is Cc1cn(C(CC(=O)O)NC(=O)OCc2ccccc2)c(=O)nc1NCc1nc(-c2nc3ccccc3[nH]2)cs1. The van der Waals surface area contributed by atoms with E-state index in [0.717, 1.165) is 26.2 Å². The topological polar surface area (TPSA) is 164 Å². The molecule has 5 rings (SSSR count). The Morgan fingerprint density at radius 2 is 1.88 bits per heavy atom. The standard InChI is InChI=1S/C27H25N7O5S/c1-16-13-34(21(11-23(35)36)32-27(38)39-14-17-7-3-2-4-8-17)26(37)33-24(16)28-12-22-29-20(15-40-22)25-30-18-9-5-6-10-19(18)31-25/h2-10,13,15,21H,11-12,14H2,1H3,(H,30,31)(H,32,38)(H,35,36)(H,28,33,37). The molecule has 0 aliphatic rings. The van der Waals surface area contributed by atoms with Gasteiger partial charge >= 0.3 is 17.8 Å². The highest BCUT2D eigenvalue weighted by Crippen LogP contribution is 2.23. The lowest BCUT2D eigenvalue weighted by atomic mass is 10.2. The number of hydrogen-bond donors (Lipinski definition) is 4. The first-order chi connectivity index (χ1) is 19.4. The van der Waals surface area contributed by atoms with Crippen LogP contribution in [0.4, 0.5) is 10.6 Å². The predicted molar refractivity (Wildman–Crippen MR) is 149 cm³/mol. The lowest BCUT2D eigenvalue weighted by Crippen LogP contribution is -2.40. The summed E-state index contributed by atoms with van der Waals surface area (Å²) in [5.74, 6) is -0.216. The number of H-pyrrole nitrogens is 1. The number of aryl methyl sites for hydroxylation is 1. The van der Waals surface area contributed by atoms with E-state index in [-0.39, 0.29) is 6.61 Å². The van der Waals surface area contributed by atoms with Crippen LogP contribution >= 0.6 is 11.3 Å². The lowest BCUT2D eigenvalue weighted by molar-refractivity contribution is -0.138. The Labute approximate surface area is 231 Å². The Morgan fingerprint density at radius 1 is 1.10 bits per heavy atom. The molecule has 40 heavy (non-hydrogen) atoms. The molecule has 0 saturated carbocycles. The summed E-state index contributed by atoms with van der Waals surface area (Å²) in [7, 11) is 0. The fourth-order valence-corrected chi connectivity index (χ4v) is 4.71. The molecule has 3 heterocycles. The van der Waals surface area contributed by atoms with Crippen LogP contribution in [0.15, 0.2) is 71.0 Å². The Morgan fingerprint density at radius 3 is 2.65 bits per heavy atom. The first kappa shape index (κ1) is 26.6. The number of rotatable bonds is 10. The van der Waals surface area contributed by atoms with E-state index in [9.17, 15) is 19.5 Å². The predicted octanol–water partition coefficient (Wildman–Crippen LogP) is 4.06. The van der Waals surface area contributed by atoms with E-state index < -0.39 is 30.3 Å². The highest BCUT2D eigenvalue weighted by molar-refractivity contribution is 7.09. The van der Waals surface area contributed by atoms with Gasteiger partial charge in [-0.1, -0.05) is 42.5 Å². The molecule has 3 aromatic heterocycles. The number of carboxylic acid groups (broad SMARTS) is 1. The number of amides is 1. The van der Waals surface area contributed by atoms with E-state index in [1.165, 1.54) is 17.5 Å². The zero-order chi connectivity index (χ0) is 28.1. The van der Waals surface area contributed by atoms with Crippen molar-refractivity contribution in [2.45, 2.75) is 32.7 Å². The maximum atomic E-state index is 12.9. The van der Waals surface area contributed by atoms with Gasteiger partial charge in [-0.15, -0.1) is 11.3 Å². The fourth-order valence-electron chi connectivity index (χ4n) is 3.99. The summed E-state index contributed by atoms with van der Waals surface area (Å²) in [5, 5.41) is 17.6. The molecule has 1 unspecified atom stereocenters. The molecule has 0 aliphatic heterocycles. The summed E-state index contributed by atoms with van der Waals surface area (Å²) >= 11 is 1.44. The Hall–Kier alpha value is -5.04. The van der Waals surface area contributed by atoms with Crippen molar-refractivity contribution in [3.05, 3.63) is 92.8 Å². The van der Waals surface area contributed by atoms with Gasteiger partial charge in [0.1, 0.15) is 29.3 Å². The first-order valence-corrected chi connectivity index (χ1v) is 13.2. The average molecular weight is 560 g/mol. The first-order valence-electron chi connectivity index (χ1n) is 12.3. The van der Waals surface area contributed by atoms with E-state index in [0.29, 0.717) is 29.4 Å². The number of nitrogens with one attached hydrogen (secondary N) is 3. The van der Waals surface area contributed by atoms with Crippen LogP contribution in [-0.4, -0.2) is 41.7 Å². The number of imidazole rings is 1. The summed E-state index contributed by atoms with van der Waals surface area (Å²) in [5.41, 5.74) is 3.09. The number of para-hydroxylation sites is 2. The van der Waals surface area contributed by atoms with Gasteiger partial charge in [-0.25, -0.2) is 19.6 Å². The van der Waals surface area contributed by atoms with E-state index in [1.807, 2.05) is 47.8 Å². The molecule has 13 heteroatoms. The Kier molecular flexibility index (Phi) is 7.82. The Bertz CT molecular complexity index is 1680. The van der Waals surface area contributed by atoms with Crippen LogP contribution in [0.2, 0.25) is 0 Å². The number of thiazole rings is 1. The highest BCUT2D eigenvalue weighted by atomic mass is 32.1. The number of aliphatic carboxylic acids is 1. The van der Waals surface area contributed by atoms with Gasteiger partial charge in [0.15, 0.2) is 5.82 Å². The lowest BCUT2D eigenvalue weighted by Gasteiger charge is -2.20. The van der Waals surface area contributed by atoms with Crippen molar-refractivity contribution in [1.82, 2.24) is 29.8 Å². The quantitative estimate of drug-likeness (QED) is 0.197. The van der Waals surface area contributed by atoms with E-state index in [1.54, 1.807) is 19.1 Å².